The average Bonchev–Trinajstić information content (AvgIpc) is 3.29. The van der Waals surface area contributed by atoms with Gasteiger partial charge >= 0.3 is 6.18 Å². The van der Waals surface area contributed by atoms with Crippen molar-refractivity contribution in [2.45, 2.75) is 30.0 Å². The smallest absolute Gasteiger partial charge is 0.416 e. The van der Waals surface area contributed by atoms with E-state index in [0.717, 1.165) is 12.1 Å². The average molecular weight is 478 g/mol. The van der Waals surface area contributed by atoms with Crippen molar-refractivity contribution in [3.63, 3.8) is 0 Å². The second kappa shape index (κ2) is 9.03. The van der Waals surface area contributed by atoms with Crippen LogP contribution in [0.25, 0.3) is 11.3 Å². The third-order valence-electron chi connectivity index (χ3n) is 5.45. The first kappa shape index (κ1) is 23.1. The van der Waals surface area contributed by atoms with E-state index in [0.29, 0.717) is 25.9 Å². The van der Waals surface area contributed by atoms with E-state index in [1.807, 2.05) is 0 Å². The molecule has 0 bridgehead atoms. The van der Waals surface area contributed by atoms with E-state index in [1.165, 1.54) is 36.4 Å². The summed E-state index contributed by atoms with van der Waals surface area (Å²) in [4.78, 5) is 14.5. The topological polar surface area (TPSA) is 79.6 Å². The number of nitrogens with zero attached hydrogens (tertiary/aromatic N) is 1. The van der Waals surface area contributed by atoms with E-state index >= 15 is 0 Å². The quantitative estimate of drug-likeness (QED) is 0.584. The van der Waals surface area contributed by atoms with Gasteiger partial charge in [-0.05, 0) is 49.2 Å². The molecule has 0 saturated carbocycles. The van der Waals surface area contributed by atoms with E-state index in [1.54, 1.807) is 23.1 Å². The predicted molar refractivity (Wildman–Crippen MR) is 115 cm³/mol. The van der Waals surface area contributed by atoms with Gasteiger partial charge in [0, 0.05) is 24.7 Å². The van der Waals surface area contributed by atoms with Crippen LogP contribution in [-0.2, 0) is 16.2 Å². The molecule has 1 aromatic heterocycles. The van der Waals surface area contributed by atoms with Gasteiger partial charge in [0.05, 0.1) is 10.5 Å². The van der Waals surface area contributed by atoms with Gasteiger partial charge in [0.15, 0.2) is 5.76 Å². The maximum Gasteiger partial charge on any atom is 0.416 e. The van der Waals surface area contributed by atoms with Crippen molar-refractivity contribution in [1.29, 1.82) is 0 Å². The highest BCUT2D eigenvalue weighted by Gasteiger charge is 2.31. The Hall–Kier alpha value is -3.11. The molecule has 1 amide bonds. The number of sulfonamides is 1. The highest BCUT2D eigenvalue weighted by atomic mass is 32.2. The Morgan fingerprint density at radius 1 is 0.970 bits per heavy atom. The molecule has 1 aliphatic heterocycles. The molecular weight excluding hydrogens is 457 g/mol. The van der Waals surface area contributed by atoms with Crippen LogP contribution in [0.2, 0.25) is 0 Å². The summed E-state index contributed by atoms with van der Waals surface area (Å²) in [6, 6.07) is 15.3. The fraction of sp³-hybridized carbons (Fsp3) is 0.261. The standard InChI is InChI=1S/C23H21F3N2O4S/c24-23(25,26)17-6-4-5-16(15-17)20-9-10-21(32-20)22(29)28-13-11-18(12-14-28)27-33(30,31)19-7-2-1-3-8-19/h1-10,15,18,27H,11-14H2. The Kier molecular flexibility index (Phi) is 6.31. The van der Waals surface area contributed by atoms with Gasteiger partial charge in [0.2, 0.25) is 10.0 Å². The van der Waals surface area contributed by atoms with Gasteiger partial charge in [0.25, 0.3) is 5.91 Å². The SMILES string of the molecule is O=C(c1ccc(-c2cccc(C(F)(F)F)c2)o1)N1CCC(NS(=O)(=O)c2ccccc2)CC1. The lowest BCUT2D eigenvalue weighted by Gasteiger charge is -2.31. The number of halogens is 3. The van der Waals surface area contributed by atoms with E-state index in [2.05, 4.69) is 4.72 Å². The Balaban J connectivity index is 1.39. The van der Waals surface area contributed by atoms with Gasteiger partial charge in [-0.15, -0.1) is 0 Å². The molecule has 2 aromatic carbocycles. The highest BCUT2D eigenvalue weighted by Crippen LogP contribution is 2.33. The molecule has 0 unspecified atom stereocenters. The number of amides is 1. The number of furan rings is 1. The van der Waals surface area contributed by atoms with Crippen molar-refractivity contribution >= 4 is 15.9 Å². The zero-order valence-corrected chi connectivity index (χ0v) is 18.2. The maximum atomic E-state index is 13.0. The Morgan fingerprint density at radius 2 is 1.67 bits per heavy atom. The van der Waals surface area contributed by atoms with Crippen LogP contribution < -0.4 is 4.72 Å². The summed E-state index contributed by atoms with van der Waals surface area (Å²) in [6.45, 7) is 0.640. The molecule has 1 fully saturated rings. The minimum atomic E-state index is -4.48. The largest absolute Gasteiger partial charge is 0.451 e. The maximum absolute atomic E-state index is 13.0. The summed E-state index contributed by atoms with van der Waals surface area (Å²) in [6.07, 6.45) is -3.62. The molecule has 10 heteroatoms. The first-order chi connectivity index (χ1) is 15.6. The molecule has 174 valence electrons. The molecule has 3 aromatic rings. The van der Waals surface area contributed by atoms with Crippen molar-refractivity contribution in [1.82, 2.24) is 9.62 Å². The summed E-state index contributed by atoms with van der Waals surface area (Å²) in [5.41, 5.74) is -0.581. The fourth-order valence-corrected chi connectivity index (χ4v) is 5.03. The van der Waals surface area contributed by atoms with Crippen molar-refractivity contribution in [2.75, 3.05) is 13.1 Å². The molecule has 1 aliphatic rings. The second-order valence-corrected chi connectivity index (χ2v) is 9.46. The number of rotatable bonds is 5. The molecule has 1 N–H and O–H groups in total. The van der Waals surface area contributed by atoms with Crippen LogP contribution in [-0.4, -0.2) is 38.4 Å². The second-order valence-electron chi connectivity index (χ2n) is 7.74. The normalized spacial score (nSPS) is 15.5. The predicted octanol–water partition coefficient (Wildman–Crippen LogP) is 4.55. The first-order valence-corrected chi connectivity index (χ1v) is 11.8. The summed E-state index contributed by atoms with van der Waals surface area (Å²) in [5, 5.41) is 0. The number of carbonyl (C=O) groups is 1. The van der Waals surface area contributed by atoms with Crippen LogP contribution in [0.5, 0.6) is 0 Å². The van der Waals surface area contributed by atoms with E-state index in [9.17, 15) is 26.4 Å². The highest BCUT2D eigenvalue weighted by molar-refractivity contribution is 7.89. The van der Waals surface area contributed by atoms with Crippen molar-refractivity contribution < 1.29 is 30.8 Å². The third kappa shape index (κ3) is 5.28. The number of benzene rings is 2. The lowest BCUT2D eigenvalue weighted by molar-refractivity contribution is -0.137. The van der Waals surface area contributed by atoms with Crippen molar-refractivity contribution in [3.05, 3.63) is 78.1 Å². The van der Waals surface area contributed by atoms with Gasteiger partial charge < -0.3 is 9.32 Å². The zero-order valence-electron chi connectivity index (χ0n) is 17.4. The molecule has 0 spiro atoms. The van der Waals surface area contributed by atoms with E-state index in [4.69, 9.17) is 4.42 Å². The van der Waals surface area contributed by atoms with Gasteiger partial charge in [-0.2, -0.15) is 13.2 Å². The molecule has 33 heavy (non-hydrogen) atoms. The van der Waals surface area contributed by atoms with Crippen molar-refractivity contribution in [2.24, 2.45) is 0 Å². The molecular formula is C23H21F3N2O4S. The van der Waals surface area contributed by atoms with E-state index in [-0.39, 0.29) is 28.0 Å². The van der Waals surface area contributed by atoms with Crippen LogP contribution in [0.15, 0.2) is 76.0 Å². The van der Waals surface area contributed by atoms with Crippen LogP contribution in [0.4, 0.5) is 13.2 Å². The third-order valence-corrected chi connectivity index (χ3v) is 6.99. The number of likely N-dealkylation sites (tertiary alicyclic amines) is 1. The number of carbonyl (C=O) groups excluding carboxylic acids is 1. The van der Waals surface area contributed by atoms with Crippen molar-refractivity contribution in [3.8, 4) is 11.3 Å². The number of hydrogen-bond acceptors (Lipinski definition) is 4. The van der Waals surface area contributed by atoms with Crippen LogP contribution >= 0.6 is 0 Å². The minimum Gasteiger partial charge on any atom is -0.451 e. The van der Waals surface area contributed by atoms with Crippen LogP contribution in [0.1, 0.15) is 29.0 Å². The number of alkyl halides is 3. The van der Waals surface area contributed by atoms with Gasteiger partial charge in [0.1, 0.15) is 5.76 Å². The first-order valence-electron chi connectivity index (χ1n) is 10.3. The summed E-state index contributed by atoms with van der Waals surface area (Å²) >= 11 is 0. The molecule has 2 heterocycles. The molecule has 4 rings (SSSR count). The van der Waals surface area contributed by atoms with Gasteiger partial charge in [-0.25, -0.2) is 13.1 Å². The minimum absolute atomic E-state index is 0.0192. The molecule has 1 saturated heterocycles. The van der Waals surface area contributed by atoms with Crippen LogP contribution in [0, 0.1) is 0 Å². The Morgan fingerprint density at radius 3 is 2.33 bits per heavy atom. The summed E-state index contributed by atoms with van der Waals surface area (Å²) < 4.78 is 72.1. The summed E-state index contributed by atoms with van der Waals surface area (Å²) in [7, 11) is -3.64. The molecule has 6 nitrogen and oxygen atoms in total. The molecule has 0 atom stereocenters. The van der Waals surface area contributed by atoms with Gasteiger partial charge in [-0.1, -0.05) is 30.3 Å². The van der Waals surface area contributed by atoms with Gasteiger partial charge in [-0.3, -0.25) is 4.79 Å². The fourth-order valence-electron chi connectivity index (χ4n) is 3.70. The Bertz CT molecular complexity index is 1230. The number of piperidine rings is 1. The molecule has 0 radical (unpaired) electrons. The number of nitrogens with one attached hydrogen (secondary N) is 1. The number of hydrogen-bond donors (Lipinski definition) is 1. The lowest BCUT2D eigenvalue weighted by Crippen LogP contribution is -2.46. The lowest BCUT2D eigenvalue weighted by atomic mass is 10.1. The zero-order chi connectivity index (χ0) is 23.6. The monoisotopic (exact) mass is 478 g/mol. The Labute approximate surface area is 189 Å². The van der Waals surface area contributed by atoms with Crippen LogP contribution in [0.3, 0.4) is 0 Å². The summed E-state index contributed by atoms with van der Waals surface area (Å²) in [5.74, 6) is -0.210. The molecule has 0 aliphatic carbocycles. The van der Waals surface area contributed by atoms with E-state index < -0.39 is 27.7 Å².